The molecule has 4 nitrogen and oxygen atoms in total. The molecule has 2 aromatic heterocycles. The Bertz CT molecular complexity index is 580. The van der Waals surface area contributed by atoms with E-state index in [1.54, 1.807) is 23.5 Å². The molecule has 0 saturated heterocycles. The quantitative estimate of drug-likeness (QED) is 0.853. The van der Waals surface area contributed by atoms with Gasteiger partial charge < -0.3 is 10.4 Å². The van der Waals surface area contributed by atoms with Crippen molar-refractivity contribution in [2.75, 3.05) is 11.9 Å². The van der Waals surface area contributed by atoms with Gasteiger partial charge in [0.05, 0.1) is 5.56 Å². The first-order chi connectivity index (χ1) is 9.56. The average molecular weight is 290 g/mol. The Hall–Kier alpha value is -1.88. The monoisotopic (exact) mass is 290 g/mol. The first-order valence-electron chi connectivity index (χ1n) is 6.58. The van der Waals surface area contributed by atoms with Crippen molar-refractivity contribution in [2.45, 2.75) is 26.2 Å². The van der Waals surface area contributed by atoms with Gasteiger partial charge in [0.15, 0.2) is 0 Å². The van der Waals surface area contributed by atoms with E-state index in [4.69, 9.17) is 5.11 Å². The van der Waals surface area contributed by atoms with Crippen LogP contribution in [0.5, 0.6) is 0 Å². The molecule has 0 fully saturated rings. The first kappa shape index (κ1) is 14.5. The molecule has 0 saturated carbocycles. The highest BCUT2D eigenvalue weighted by atomic mass is 32.1. The van der Waals surface area contributed by atoms with Crippen LogP contribution in [0.3, 0.4) is 0 Å². The van der Waals surface area contributed by atoms with E-state index < -0.39 is 5.97 Å². The maximum absolute atomic E-state index is 11.1. The zero-order valence-electron chi connectivity index (χ0n) is 11.6. The summed E-state index contributed by atoms with van der Waals surface area (Å²) in [5.74, 6) is -0.0899. The number of nitrogens with one attached hydrogen (secondary N) is 1. The number of anilines is 1. The van der Waals surface area contributed by atoms with Gasteiger partial charge in [0.25, 0.3) is 0 Å². The second kappa shape index (κ2) is 6.52. The maximum Gasteiger partial charge on any atom is 0.335 e. The van der Waals surface area contributed by atoms with Crippen molar-refractivity contribution in [3.63, 3.8) is 0 Å². The average Bonchev–Trinajstić information content (AvgIpc) is 2.91. The highest BCUT2D eigenvalue weighted by Gasteiger charge is 2.10. The lowest BCUT2D eigenvalue weighted by atomic mass is 10.1. The van der Waals surface area contributed by atoms with E-state index >= 15 is 0 Å². The minimum atomic E-state index is -0.921. The number of carboxylic acids is 1. The number of pyridine rings is 1. The zero-order chi connectivity index (χ0) is 14.5. The van der Waals surface area contributed by atoms with E-state index in [1.807, 2.05) is 19.9 Å². The Balaban J connectivity index is 2.07. The highest BCUT2D eigenvalue weighted by Crippen LogP contribution is 2.18. The molecule has 0 radical (unpaired) electrons. The molecular formula is C15H18N2O2S. The number of thiophene rings is 1. The summed E-state index contributed by atoms with van der Waals surface area (Å²) in [7, 11) is 0. The summed E-state index contributed by atoms with van der Waals surface area (Å²) >= 11 is 1.72. The number of nitrogens with zero attached hydrogens (tertiary/aromatic N) is 1. The fourth-order valence-corrected chi connectivity index (χ4v) is 2.54. The predicted octanol–water partition coefficient (Wildman–Crippen LogP) is 3.62. The molecular weight excluding hydrogens is 272 g/mol. The van der Waals surface area contributed by atoms with Crippen LogP contribution < -0.4 is 5.32 Å². The summed E-state index contributed by atoms with van der Waals surface area (Å²) < 4.78 is 0. The van der Waals surface area contributed by atoms with Crippen molar-refractivity contribution >= 4 is 23.1 Å². The normalized spacial score (nSPS) is 10.8. The molecule has 0 aliphatic rings. The zero-order valence-corrected chi connectivity index (χ0v) is 12.4. The van der Waals surface area contributed by atoms with Crippen LogP contribution in [0.15, 0.2) is 29.6 Å². The molecule has 2 aromatic rings. The number of rotatable bonds is 6. The minimum Gasteiger partial charge on any atom is -0.478 e. The largest absolute Gasteiger partial charge is 0.478 e. The SMILES string of the molecule is CC(C)c1cc(C(=O)O)cc(NCCc2cccs2)n1. The van der Waals surface area contributed by atoms with Crippen molar-refractivity contribution in [2.24, 2.45) is 0 Å². The van der Waals surface area contributed by atoms with Gasteiger partial charge in [-0.2, -0.15) is 0 Å². The Morgan fingerprint density at radius 3 is 2.85 bits per heavy atom. The Labute approximate surface area is 122 Å². The number of hydrogen-bond donors (Lipinski definition) is 2. The Kier molecular flexibility index (Phi) is 4.74. The topological polar surface area (TPSA) is 62.2 Å². The van der Waals surface area contributed by atoms with E-state index in [9.17, 15) is 4.79 Å². The Morgan fingerprint density at radius 2 is 2.25 bits per heavy atom. The van der Waals surface area contributed by atoms with Crippen LogP contribution in [0, 0.1) is 0 Å². The molecule has 2 rings (SSSR count). The summed E-state index contributed by atoms with van der Waals surface area (Å²) in [6, 6.07) is 7.34. The van der Waals surface area contributed by atoms with Crippen LogP contribution >= 0.6 is 11.3 Å². The van der Waals surface area contributed by atoms with E-state index in [1.165, 1.54) is 4.88 Å². The molecule has 0 aliphatic carbocycles. The molecule has 20 heavy (non-hydrogen) atoms. The van der Waals surface area contributed by atoms with Crippen molar-refractivity contribution in [3.05, 3.63) is 45.8 Å². The lowest BCUT2D eigenvalue weighted by Gasteiger charge is -2.11. The van der Waals surface area contributed by atoms with Gasteiger partial charge in [-0.15, -0.1) is 11.3 Å². The minimum absolute atomic E-state index is 0.201. The van der Waals surface area contributed by atoms with Crippen LogP contribution in [0.1, 0.15) is 40.7 Å². The molecule has 106 valence electrons. The second-order valence-electron chi connectivity index (χ2n) is 4.88. The van der Waals surface area contributed by atoms with Crippen molar-refractivity contribution in [1.82, 2.24) is 4.98 Å². The summed E-state index contributed by atoms with van der Waals surface area (Å²) in [6.07, 6.45) is 0.910. The number of aromatic nitrogens is 1. The number of carbonyl (C=O) groups is 1. The summed E-state index contributed by atoms with van der Waals surface area (Å²) in [4.78, 5) is 16.9. The fourth-order valence-electron chi connectivity index (χ4n) is 1.83. The van der Waals surface area contributed by atoms with Gasteiger partial charge in [-0.05, 0) is 35.9 Å². The standard InChI is InChI=1S/C15H18N2O2S/c1-10(2)13-8-11(15(18)19)9-14(17-13)16-6-5-12-4-3-7-20-12/h3-4,7-10H,5-6H2,1-2H3,(H,16,17)(H,18,19). The van der Waals surface area contributed by atoms with E-state index in [0.29, 0.717) is 5.82 Å². The molecule has 0 unspecified atom stereocenters. The summed E-state index contributed by atoms with van der Waals surface area (Å²) in [5, 5.41) is 14.4. The van der Waals surface area contributed by atoms with E-state index in [-0.39, 0.29) is 11.5 Å². The van der Waals surface area contributed by atoms with Gasteiger partial charge in [-0.25, -0.2) is 9.78 Å². The Morgan fingerprint density at radius 1 is 1.45 bits per heavy atom. The third kappa shape index (κ3) is 3.81. The van der Waals surface area contributed by atoms with E-state index in [2.05, 4.69) is 21.7 Å². The van der Waals surface area contributed by atoms with Crippen LogP contribution in [-0.4, -0.2) is 22.6 Å². The summed E-state index contributed by atoms with van der Waals surface area (Å²) in [6.45, 7) is 4.75. The van der Waals surface area contributed by atoms with Gasteiger partial charge in [-0.1, -0.05) is 19.9 Å². The van der Waals surface area contributed by atoms with Gasteiger partial charge in [-0.3, -0.25) is 0 Å². The smallest absolute Gasteiger partial charge is 0.335 e. The highest BCUT2D eigenvalue weighted by molar-refractivity contribution is 7.09. The molecule has 0 aromatic carbocycles. The molecule has 5 heteroatoms. The molecule has 2 heterocycles. The van der Waals surface area contributed by atoms with Gasteiger partial charge in [0.1, 0.15) is 5.82 Å². The first-order valence-corrected chi connectivity index (χ1v) is 7.45. The van der Waals surface area contributed by atoms with Gasteiger partial charge in [0, 0.05) is 17.1 Å². The lowest BCUT2D eigenvalue weighted by Crippen LogP contribution is -2.09. The van der Waals surface area contributed by atoms with Crippen LogP contribution in [0.4, 0.5) is 5.82 Å². The van der Waals surface area contributed by atoms with Crippen LogP contribution in [-0.2, 0) is 6.42 Å². The predicted molar refractivity (Wildman–Crippen MR) is 81.8 cm³/mol. The van der Waals surface area contributed by atoms with Gasteiger partial charge in [0.2, 0.25) is 0 Å². The van der Waals surface area contributed by atoms with Crippen molar-refractivity contribution in [1.29, 1.82) is 0 Å². The summed E-state index contributed by atoms with van der Waals surface area (Å²) in [5.41, 5.74) is 1.07. The number of hydrogen-bond acceptors (Lipinski definition) is 4. The number of carboxylic acid groups (broad SMARTS) is 1. The fraction of sp³-hybridized carbons (Fsp3) is 0.333. The molecule has 2 N–H and O–H groups in total. The number of aromatic carboxylic acids is 1. The maximum atomic E-state index is 11.1. The molecule has 0 atom stereocenters. The third-order valence-electron chi connectivity index (χ3n) is 2.94. The third-order valence-corrected chi connectivity index (χ3v) is 3.88. The van der Waals surface area contributed by atoms with Crippen LogP contribution in [0.2, 0.25) is 0 Å². The molecule has 0 aliphatic heterocycles. The van der Waals surface area contributed by atoms with E-state index in [0.717, 1.165) is 18.7 Å². The lowest BCUT2D eigenvalue weighted by molar-refractivity contribution is 0.0696. The van der Waals surface area contributed by atoms with Crippen molar-refractivity contribution in [3.8, 4) is 0 Å². The van der Waals surface area contributed by atoms with Crippen LogP contribution in [0.25, 0.3) is 0 Å². The van der Waals surface area contributed by atoms with Gasteiger partial charge >= 0.3 is 5.97 Å². The molecule has 0 bridgehead atoms. The molecule has 0 amide bonds. The van der Waals surface area contributed by atoms with Crippen molar-refractivity contribution < 1.29 is 9.90 Å². The second-order valence-corrected chi connectivity index (χ2v) is 5.91. The molecule has 0 spiro atoms.